The number of carbonyl (C=O) groups excluding carboxylic acids is 1. The van der Waals surface area contributed by atoms with E-state index in [0.29, 0.717) is 35.8 Å². The van der Waals surface area contributed by atoms with Gasteiger partial charge in [-0.1, -0.05) is 82.7 Å². The van der Waals surface area contributed by atoms with Crippen molar-refractivity contribution in [3.63, 3.8) is 0 Å². The highest BCUT2D eigenvalue weighted by Crippen LogP contribution is 2.44. The van der Waals surface area contributed by atoms with E-state index in [2.05, 4.69) is 26.8 Å². The third kappa shape index (κ3) is 6.70. The van der Waals surface area contributed by atoms with Crippen molar-refractivity contribution < 1.29 is 23.8 Å². The molecule has 0 fully saturated rings. The predicted molar refractivity (Wildman–Crippen MR) is 162 cm³/mol. The number of halogens is 2. The molecule has 4 aromatic carbocycles. The van der Waals surface area contributed by atoms with E-state index in [1.165, 1.54) is 6.07 Å². The summed E-state index contributed by atoms with van der Waals surface area (Å²) in [5.74, 6) is 0.191. The number of aliphatic hydroxyl groups is 1. The van der Waals surface area contributed by atoms with Gasteiger partial charge in [0.2, 0.25) is 5.90 Å². The number of nitrogens with zero attached hydrogens (tertiary/aromatic N) is 1. The summed E-state index contributed by atoms with van der Waals surface area (Å²) < 4.78 is 27.2. The van der Waals surface area contributed by atoms with E-state index in [-0.39, 0.29) is 25.4 Å². The van der Waals surface area contributed by atoms with Gasteiger partial charge in [0, 0.05) is 47.2 Å². The Labute approximate surface area is 252 Å². The van der Waals surface area contributed by atoms with Crippen LogP contribution in [0.4, 0.5) is 4.39 Å². The van der Waals surface area contributed by atoms with Crippen LogP contribution < -0.4 is 15.6 Å². The standard InChI is InChI=1S/C33H31BrFN3O4/c34-28-13-6-5-12-27(28)30-33(21-23-9-2-1-3-10-23,32(40)38-36-22-25-11-4-7-14-29(25)35)37-31(42-30)24-15-17-26(18-16-24)41-20-8-19-39/h1-7,9-18,30,36,39H,8,19-22H2,(H,38,40)/t30-,33-/m0/s1. The lowest BCUT2D eigenvalue weighted by Crippen LogP contribution is -2.53. The van der Waals surface area contributed by atoms with Gasteiger partial charge in [-0.3, -0.25) is 10.2 Å². The Balaban J connectivity index is 1.51. The van der Waals surface area contributed by atoms with Crippen molar-refractivity contribution in [2.45, 2.75) is 31.0 Å². The molecule has 5 rings (SSSR count). The molecular formula is C33H31BrFN3O4. The Hall–Kier alpha value is -4.05. The highest BCUT2D eigenvalue weighted by molar-refractivity contribution is 9.10. The van der Waals surface area contributed by atoms with Crippen LogP contribution in [0, 0.1) is 5.82 Å². The van der Waals surface area contributed by atoms with Crippen LogP contribution in [0.5, 0.6) is 5.75 Å². The lowest BCUT2D eigenvalue weighted by molar-refractivity contribution is -0.130. The fraction of sp³-hybridized carbons (Fsp3) is 0.212. The van der Waals surface area contributed by atoms with Crippen LogP contribution in [0.15, 0.2) is 113 Å². The van der Waals surface area contributed by atoms with Gasteiger partial charge in [0.15, 0.2) is 11.6 Å². The molecule has 1 amide bonds. The van der Waals surface area contributed by atoms with Crippen molar-refractivity contribution in [3.8, 4) is 5.75 Å². The average Bonchev–Trinajstić information content (AvgIpc) is 3.39. The first-order valence-electron chi connectivity index (χ1n) is 13.7. The van der Waals surface area contributed by atoms with Crippen LogP contribution in [0.3, 0.4) is 0 Å². The molecule has 0 aliphatic carbocycles. The minimum absolute atomic E-state index is 0.0554. The third-order valence-electron chi connectivity index (χ3n) is 6.97. The number of amides is 1. The first-order valence-corrected chi connectivity index (χ1v) is 14.4. The molecule has 1 aliphatic heterocycles. The minimum Gasteiger partial charge on any atom is -0.494 e. The molecule has 7 nitrogen and oxygen atoms in total. The highest BCUT2D eigenvalue weighted by atomic mass is 79.9. The summed E-state index contributed by atoms with van der Waals surface area (Å²) in [4.78, 5) is 19.2. The number of hydrazine groups is 1. The molecule has 0 aromatic heterocycles. The summed E-state index contributed by atoms with van der Waals surface area (Å²) in [5.41, 5.74) is 7.05. The van der Waals surface area contributed by atoms with Crippen LogP contribution in [0.2, 0.25) is 0 Å². The van der Waals surface area contributed by atoms with Crippen LogP contribution in [-0.2, 0) is 22.5 Å². The zero-order chi connectivity index (χ0) is 29.4. The molecule has 0 saturated heterocycles. The van der Waals surface area contributed by atoms with E-state index in [0.717, 1.165) is 15.6 Å². The molecule has 9 heteroatoms. The smallest absolute Gasteiger partial charge is 0.266 e. The molecular weight excluding hydrogens is 601 g/mol. The molecule has 0 radical (unpaired) electrons. The summed E-state index contributed by atoms with van der Waals surface area (Å²) in [6.07, 6.45) is 0.00522. The number of ether oxygens (including phenoxy) is 2. The summed E-state index contributed by atoms with van der Waals surface area (Å²) in [6.45, 7) is 0.548. The van der Waals surface area contributed by atoms with Gasteiger partial charge in [0.25, 0.3) is 5.91 Å². The number of nitrogens with one attached hydrogen (secondary N) is 2. The molecule has 1 heterocycles. The number of rotatable bonds is 12. The average molecular weight is 633 g/mol. The Morgan fingerprint density at radius 2 is 1.69 bits per heavy atom. The number of hydrogen-bond donors (Lipinski definition) is 3. The minimum atomic E-state index is -1.40. The number of aliphatic imine (C=N–C) groups is 1. The van der Waals surface area contributed by atoms with Crippen molar-refractivity contribution in [3.05, 3.63) is 136 Å². The Bertz CT molecular complexity index is 1530. The molecule has 0 unspecified atom stereocenters. The molecule has 0 spiro atoms. The predicted octanol–water partition coefficient (Wildman–Crippen LogP) is 5.67. The molecule has 4 aromatic rings. The first-order chi connectivity index (χ1) is 20.5. The quantitative estimate of drug-likeness (QED) is 0.138. The Morgan fingerprint density at radius 1 is 0.976 bits per heavy atom. The van der Waals surface area contributed by atoms with E-state index >= 15 is 0 Å². The van der Waals surface area contributed by atoms with Crippen molar-refractivity contribution in [2.24, 2.45) is 4.99 Å². The SMILES string of the molecule is O=C(NNCc1ccccc1F)[C@@]1(Cc2ccccc2)N=C(c2ccc(OCCCO)cc2)O[C@H]1c1ccccc1Br. The van der Waals surface area contributed by atoms with Gasteiger partial charge in [-0.25, -0.2) is 14.8 Å². The molecule has 42 heavy (non-hydrogen) atoms. The molecule has 3 N–H and O–H groups in total. The van der Waals surface area contributed by atoms with Gasteiger partial charge < -0.3 is 14.6 Å². The van der Waals surface area contributed by atoms with Crippen molar-refractivity contribution in [2.75, 3.05) is 13.2 Å². The molecule has 0 bridgehead atoms. The number of aliphatic hydroxyl groups excluding tert-OH is 1. The normalized spacial score (nSPS) is 17.8. The molecule has 2 atom stereocenters. The molecule has 1 aliphatic rings. The van der Waals surface area contributed by atoms with Gasteiger partial charge >= 0.3 is 0 Å². The van der Waals surface area contributed by atoms with Crippen molar-refractivity contribution in [1.29, 1.82) is 0 Å². The number of carbonyl (C=O) groups is 1. The van der Waals surface area contributed by atoms with E-state index in [9.17, 15) is 9.18 Å². The van der Waals surface area contributed by atoms with Gasteiger partial charge in [-0.2, -0.15) is 0 Å². The van der Waals surface area contributed by atoms with Gasteiger partial charge in [0.1, 0.15) is 11.6 Å². The lowest BCUT2D eigenvalue weighted by Gasteiger charge is -2.31. The van der Waals surface area contributed by atoms with Crippen LogP contribution in [0.25, 0.3) is 0 Å². The van der Waals surface area contributed by atoms with E-state index in [1.807, 2.05) is 66.7 Å². The summed E-state index contributed by atoms with van der Waals surface area (Å²) >= 11 is 3.65. The van der Waals surface area contributed by atoms with E-state index < -0.39 is 17.6 Å². The maximum atomic E-state index is 14.2. The highest BCUT2D eigenvalue weighted by Gasteiger charge is 2.53. The second kappa shape index (κ2) is 13.7. The fourth-order valence-corrected chi connectivity index (χ4v) is 5.32. The Kier molecular flexibility index (Phi) is 9.63. The summed E-state index contributed by atoms with van der Waals surface area (Å²) in [5, 5.41) is 9.02. The van der Waals surface area contributed by atoms with Gasteiger partial charge in [-0.05, 0) is 42.0 Å². The second-order valence-electron chi connectivity index (χ2n) is 9.87. The monoisotopic (exact) mass is 631 g/mol. The topological polar surface area (TPSA) is 92.2 Å². The van der Waals surface area contributed by atoms with Crippen LogP contribution in [-0.4, -0.2) is 35.7 Å². The third-order valence-corrected chi connectivity index (χ3v) is 7.69. The van der Waals surface area contributed by atoms with Gasteiger partial charge in [0.05, 0.1) is 6.61 Å². The van der Waals surface area contributed by atoms with Gasteiger partial charge in [-0.15, -0.1) is 0 Å². The maximum Gasteiger partial charge on any atom is 0.266 e. The zero-order valence-electron chi connectivity index (χ0n) is 22.8. The second-order valence-corrected chi connectivity index (χ2v) is 10.7. The molecule has 216 valence electrons. The summed E-state index contributed by atoms with van der Waals surface area (Å²) in [6, 6.07) is 30.9. The zero-order valence-corrected chi connectivity index (χ0v) is 24.4. The van der Waals surface area contributed by atoms with Crippen molar-refractivity contribution >= 4 is 27.7 Å². The first kappa shape index (κ1) is 29.4. The Morgan fingerprint density at radius 3 is 2.43 bits per heavy atom. The van der Waals surface area contributed by atoms with Crippen LogP contribution in [0.1, 0.15) is 34.8 Å². The van der Waals surface area contributed by atoms with Crippen LogP contribution >= 0.6 is 15.9 Å². The largest absolute Gasteiger partial charge is 0.494 e. The summed E-state index contributed by atoms with van der Waals surface area (Å²) in [7, 11) is 0. The molecule has 0 saturated carbocycles. The van der Waals surface area contributed by atoms with E-state index in [4.69, 9.17) is 19.6 Å². The number of benzene rings is 4. The number of hydrogen-bond acceptors (Lipinski definition) is 6. The lowest BCUT2D eigenvalue weighted by atomic mass is 9.82. The van der Waals surface area contributed by atoms with Crippen molar-refractivity contribution in [1.82, 2.24) is 10.9 Å². The maximum absolute atomic E-state index is 14.2. The fourth-order valence-electron chi connectivity index (χ4n) is 4.82. The van der Waals surface area contributed by atoms with E-state index in [1.54, 1.807) is 30.3 Å².